The van der Waals surface area contributed by atoms with Crippen molar-refractivity contribution in [2.45, 2.75) is 19.3 Å². The number of hydrogen-bond donors (Lipinski definition) is 2. The zero-order valence-electron chi connectivity index (χ0n) is 6.49. The lowest BCUT2D eigenvalue weighted by Crippen LogP contribution is -2.23. The highest BCUT2D eigenvalue weighted by molar-refractivity contribution is 5.94. The van der Waals surface area contributed by atoms with E-state index in [1.165, 1.54) is 6.08 Å². The zero-order valence-corrected chi connectivity index (χ0v) is 6.49. The van der Waals surface area contributed by atoms with Crippen molar-refractivity contribution in [1.29, 1.82) is 0 Å². The van der Waals surface area contributed by atoms with Gasteiger partial charge in [-0.05, 0) is 19.3 Å². The molecule has 0 radical (unpaired) electrons. The smallest absolute Gasteiger partial charge is 0.332 e. The minimum Gasteiger partial charge on any atom is -0.481 e. The molecule has 0 heterocycles. The Labute approximate surface area is 69.5 Å². The molecule has 1 atom stereocenters. The molecule has 0 unspecified atom stereocenters. The quantitative estimate of drug-likeness (QED) is 0.645. The number of allylic oxidation sites excluding steroid dienone is 1. The second kappa shape index (κ2) is 3.38. The van der Waals surface area contributed by atoms with Gasteiger partial charge in [-0.1, -0.05) is 6.08 Å². The van der Waals surface area contributed by atoms with E-state index in [-0.39, 0.29) is 5.57 Å². The summed E-state index contributed by atoms with van der Waals surface area (Å²) in [4.78, 5) is 21.1. The van der Waals surface area contributed by atoms with Crippen molar-refractivity contribution >= 4 is 11.9 Å². The first kappa shape index (κ1) is 8.77. The molecule has 4 nitrogen and oxygen atoms in total. The molecule has 2 N–H and O–H groups in total. The summed E-state index contributed by atoms with van der Waals surface area (Å²) in [5.41, 5.74) is 0.0359. The number of hydrogen-bond acceptors (Lipinski definition) is 2. The van der Waals surface area contributed by atoms with Crippen LogP contribution in [0.15, 0.2) is 11.6 Å². The summed E-state index contributed by atoms with van der Waals surface area (Å²) in [6, 6.07) is 0. The summed E-state index contributed by atoms with van der Waals surface area (Å²) in [7, 11) is 0. The molecule has 0 saturated carbocycles. The molecule has 66 valence electrons. The molecule has 0 aliphatic heterocycles. The van der Waals surface area contributed by atoms with Crippen molar-refractivity contribution < 1.29 is 19.8 Å². The topological polar surface area (TPSA) is 74.6 Å². The predicted octanol–water partition coefficient (Wildman–Crippen LogP) is 0.882. The molecule has 4 heteroatoms. The molecular weight excluding hydrogens is 160 g/mol. The number of carbonyl (C=O) groups is 2. The Balaban J connectivity index is 2.85. The Morgan fingerprint density at radius 1 is 1.42 bits per heavy atom. The van der Waals surface area contributed by atoms with Gasteiger partial charge in [0.2, 0.25) is 0 Å². The van der Waals surface area contributed by atoms with Crippen LogP contribution >= 0.6 is 0 Å². The van der Waals surface area contributed by atoms with Crippen LogP contribution in [0.4, 0.5) is 0 Å². The van der Waals surface area contributed by atoms with Crippen molar-refractivity contribution in [2.75, 3.05) is 0 Å². The summed E-state index contributed by atoms with van der Waals surface area (Å²) in [5.74, 6) is -2.96. The van der Waals surface area contributed by atoms with Crippen LogP contribution in [0.2, 0.25) is 0 Å². The van der Waals surface area contributed by atoms with Crippen LogP contribution in [0.3, 0.4) is 0 Å². The first-order chi connectivity index (χ1) is 5.63. The number of carboxylic acids is 2. The Hall–Kier alpha value is -1.32. The van der Waals surface area contributed by atoms with E-state index in [9.17, 15) is 9.59 Å². The molecule has 0 bridgehead atoms. The molecular formula is C8H10O4. The van der Waals surface area contributed by atoms with Crippen LogP contribution in [0.5, 0.6) is 0 Å². The van der Waals surface area contributed by atoms with Crippen LogP contribution < -0.4 is 0 Å². The van der Waals surface area contributed by atoms with Crippen molar-refractivity contribution in [2.24, 2.45) is 5.92 Å². The van der Waals surface area contributed by atoms with E-state index in [4.69, 9.17) is 10.2 Å². The van der Waals surface area contributed by atoms with Crippen LogP contribution in [-0.4, -0.2) is 22.2 Å². The lowest BCUT2D eigenvalue weighted by atomic mass is 9.88. The fourth-order valence-corrected chi connectivity index (χ4v) is 1.37. The molecule has 12 heavy (non-hydrogen) atoms. The third-order valence-corrected chi connectivity index (χ3v) is 1.98. The van der Waals surface area contributed by atoms with Gasteiger partial charge in [-0.3, -0.25) is 4.79 Å². The van der Waals surface area contributed by atoms with E-state index in [2.05, 4.69) is 0 Å². The summed E-state index contributed by atoms with van der Waals surface area (Å²) in [6.45, 7) is 0. The van der Waals surface area contributed by atoms with Crippen molar-refractivity contribution in [3.63, 3.8) is 0 Å². The minimum atomic E-state index is -1.11. The molecule has 0 saturated heterocycles. The van der Waals surface area contributed by atoms with E-state index >= 15 is 0 Å². The number of rotatable bonds is 2. The highest BCUT2D eigenvalue weighted by atomic mass is 16.4. The van der Waals surface area contributed by atoms with Gasteiger partial charge in [0, 0.05) is 5.57 Å². The summed E-state index contributed by atoms with van der Waals surface area (Å²) < 4.78 is 0. The lowest BCUT2D eigenvalue weighted by molar-refractivity contribution is -0.144. The first-order valence-corrected chi connectivity index (χ1v) is 3.79. The van der Waals surface area contributed by atoms with Gasteiger partial charge in [-0.2, -0.15) is 0 Å². The summed E-state index contributed by atoms with van der Waals surface area (Å²) in [5, 5.41) is 17.3. The standard InChI is InChI=1S/C8H10O4/c9-7(10)5-3-1-2-4-6(5)8(11)12/h3,6H,1-2,4H2,(H,9,10)(H,11,12)/t6-/m0/s1. The SMILES string of the molecule is O=C(O)C1=CCCC[C@@H]1C(=O)O. The fourth-order valence-electron chi connectivity index (χ4n) is 1.37. The maximum Gasteiger partial charge on any atom is 0.332 e. The minimum absolute atomic E-state index is 0.0359. The highest BCUT2D eigenvalue weighted by Gasteiger charge is 2.28. The normalized spacial score (nSPS) is 23.0. The Bertz CT molecular complexity index is 241. The predicted molar refractivity (Wildman–Crippen MR) is 40.7 cm³/mol. The molecule has 0 aromatic heterocycles. The molecule has 1 aliphatic rings. The van der Waals surface area contributed by atoms with Crippen LogP contribution in [0.1, 0.15) is 19.3 Å². The average Bonchev–Trinajstić information content (AvgIpc) is 2.04. The third kappa shape index (κ3) is 1.64. The Kier molecular flexibility index (Phi) is 2.47. The molecule has 1 rings (SSSR count). The van der Waals surface area contributed by atoms with Gasteiger partial charge >= 0.3 is 11.9 Å². The Morgan fingerprint density at radius 3 is 2.50 bits per heavy atom. The summed E-state index contributed by atoms with van der Waals surface area (Å²) in [6.07, 6.45) is 3.37. The van der Waals surface area contributed by atoms with Gasteiger partial charge in [0.15, 0.2) is 0 Å². The second-order valence-electron chi connectivity index (χ2n) is 2.79. The molecule has 0 fully saturated rings. The fraction of sp³-hybridized carbons (Fsp3) is 0.500. The molecule has 1 aliphatic carbocycles. The van der Waals surface area contributed by atoms with E-state index in [0.29, 0.717) is 12.8 Å². The van der Waals surface area contributed by atoms with E-state index in [0.717, 1.165) is 6.42 Å². The largest absolute Gasteiger partial charge is 0.481 e. The van der Waals surface area contributed by atoms with Crippen LogP contribution in [0, 0.1) is 5.92 Å². The van der Waals surface area contributed by atoms with Gasteiger partial charge in [0.1, 0.15) is 0 Å². The van der Waals surface area contributed by atoms with Crippen molar-refractivity contribution in [3.8, 4) is 0 Å². The maximum absolute atomic E-state index is 10.6. The zero-order chi connectivity index (χ0) is 9.14. The van der Waals surface area contributed by atoms with Gasteiger partial charge in [0.05, 0.1) is 5.92 Å². The molecule has 0 spiro atoms. The lowest BCUT2D eigenvalue weighted by Gasteiger charge is -2.16. The Morgan fingerprint density at radius 2 is 2.08 bits per heavy atom. The molecule has 0 aromatic rings. The molecule has 0 amide bonds. The average molecular weight is 170 g/mol. The third-order valence-electron chi connectivity index (χ3n) is 1.98. The van der Waals surface area contributed by atoms with Crippen LogP contribution in [0.25, 0.3) is 0 Å². The maximum atomic E-state index is 10.6. The van der Waals surface area contributed by atoms with Crippen molar-refractivity contribution in [1.82, 2.24) is 0 Å². The van der Waals surface area contributed by atoms with Gasteiger partial charge in [-0.25, -0.2) is 4.79 Å². The summed E-state index contributed by atoms with van der Waals surface area (Å²) >= 11 is 0. The number of aliphatic carboxylic acids is 2. The monoisotopic (exact) mass is 170 g/mol. The van der Waals surface area contributed by atoms with Crippen LogP contribution in [-0.2, 0) is 9.59 Å². The molecule has 0 aromatic carbocycles. The van der Waals surface area contributed by atoms with E-state index < -0.39 is 17.9 Å². The number of carboxylic acid groups (broad SMARTS) is 2. The van der Waals surface area contributed by atoms with Gasteiger partial charge < -0.3 is 10.2 Å². The van der Waals surface area contributed by atoms with Gasteiger partial charge in [-0.15, -0.1) is 0 Å². The van der Waals surface area contributed by atoms with Crippen molar-refractivity contribution in [3.05, 3.63) is 11.6 Å². The highest BCUT2D eigenvalue weighted by Crippen LogP contribution is 2.24. The van der Waals surface area contributed by atoms with Gasteiger partial charge in [0.25, 0.3) is 0 Å². The van der Waals surface area contributed by atoms with E-state index in [1.54, 1.807) is 0 Å². The second-order valence-corrected chi connectivity index (χ2v) is 2.79. The first-order valence-electron chi connectivity index (χ1n) is 3.79. The van der Waals surface area contributed by atoms with E-state index in [1.807, 2.05) is 0 Å².